The maximum Gasteiger partial charge on any atom is 0.139 e. The van der Waals surface area contributed by atoms with Crippen molar-refractivity contribution in [1.82, 2.24) is 4.90 Å². The summed E-state index contributed by atoms with van der Waals surface area (Å²) in [6, 6.07) is 8.79. The lowest BCUT2D eigenvalue weighted by Crippen LogP contribution is -2.22. The fourth-order valence-corrected chi connectivity index (χ4v) is 1.40. The Kier molecular flexibility index (Phi) is 4.03. The van der Waals surface area contributed by atoms with E-state index in [1.807, 2.05) is 0 Å². The van der Waals surface area contributed by atoms with Crippen LogP contribution in [0.4, 0.5) is 0 Å². The zero-order chi connectivity index (χ0) is 9.68. The van der Waals surface area contributed by atoms with Crippen molar-refractivity contribution in [3.05, 3.63) is 29.8 Å². The minimum Gasteiger partial charge on any atom is -0.300 e. The Hall–Kier alpha value is -0.755. The molecule has 0 fully saturated rings. The molecule has 13 heavy (non-hydrogen) atoms. The summed E-state index contributed by atoms with van der Waals surface area (Å²) >= 11 is 0. The summed E-state index contributed by atoms with van der Waals surface area (Å²) in [7, 11) is 2.13. The van der Waals surface area contributed by atoms with Crippen LogP contribution in [0.15, 0.2) is 24.3 Å². The monoisotopic (exact) mass is 175 g/mol. The molecule has 0 radical (unpaired) electrons. The molecule has 0 bridgehead atoms. The van der Waals surface area contributed by atoms with Crippen molar-refractivity contribution in [1.29, 1.82) is 0 Å². The SMILES string of the molecule is Bc1ccc(CN(CC)CC)cc1. The molecule has 1 nitrogen and oxygen atoms in total. The van der Waals surface area contributed by atoms with Gasteiger partial charge in [-0.1, -0.05) is 43.6 Å². The second-order valence-electron chi connectivity index (χ2n) is 3.45. The van der Waals surface area contributed by atoms with Crippen molar-refractivity contribution in [3.63, 3.8) is 0 Å². The average molecular weight is 175 g/mol. The predicted octanol–water partition coefficient (Wildman–Crippen LogP) is 0.787. The summed E-state index contributed by atoms with van der Waals surface area (Å²) in [5.41, 5.74) is 2.75. The molecule has 0 saturated carbocycles. The summed E-state index contributed by atoms with van der Waals surface area (Å²) in [6.45, 7) is 7.75. The standard InChI is InChI=1S/C11H18BN/c1-3-13(4-2)9-10-5-7-11(12)8-6-10/h5-8H,3-4,9,12H2,1-2H3. The number of hydrogen-bond donors (Lipinski definition) is 0. The van der Waals surface area contributed by atoms with E-state index in [0.29, 0.717) is 0 Å². The lowest BCUT2D eigenvalue weighted by atomic mass is 9.95. The minimum absolute atomic E-state index is 1.08. The molecule has 0 saturated heterocycles. The Morgan fingerprint density at radius 1 is 1.08 bits per heavy atom. The highest BCUT2D eigenvalue weighted by Crippen LogP contribution is 2.02. The molecule has 2 heteroatoms. The topological polar surface area (TPSA) is 3.24 Å². The molecule has 0 heterocycles. The zero-order valence-electron chi connectivity index (χ0n) is 8.88. The highest BCUT2D eigenvalue weighted by Gasteiger charge is 1.99. The maximum atomic E-state index is 2.42. The van der Waals surface area contributed by atoms with Crippen LogP contribution in [0.3, 0.4) is 0 Å². The van der Waals surface area contributed by atoms with Gasteiger partial charge in [0.05, 0.1) is 0 Å². The van der Waals surface area contributed by atoms with Crippen molar-refractivity contribution in [2.75, 3.05) is 13.1 Å². The van der Waals surface area contributed by atoms with Crippen LogP contribution < -0.4 is 5.46 Å². The van der Waals surface area contributed by atoms with Crippen LogP contribution in [0.25, 0.3) is 0 Å². The molecule has 1 aromatic rings. The molecule has 0 aliphatic heterocycles. The molecule has 0 aromatic heterocycles. The van der Waals surface area contributed by atoms with Crippen molar-refractivity contribution in [2.45, 2.75) is 20.4 Å². The van der Waals surface area contributed by atoms with Gasteiger partial charge in [0.2, 0.25) is 0 Å². The zero-order valence-corrected chi connectivity index (χ0v) is 8.88. The van der Waals surface area contributed by atoms with E-state index in [-0.39, 0.29) is 0 Å². The number of benzene rings is 1. The quantitative estimate of drug-likeness (QED) is 0.611. The lowest BCUT2D eigenvalue weighted by molar-refractivity contribution is 0.296. The van der Waals surface area contributed by atoms with Crippen molar-refractivity contribution in [3.8, 4) is 0 Å². The van der Waals surface area contributed by atoms with E-state index in [1.165, 1.54) is 11.0 Å². The molecule has 0 unspecified atom stereocenters. The van der Waals surface area contributed by atoms with E-state index in [2.05, 4.69) is 50.9 Å². The third kappa shape index (κ3) is 3.23. The van der Waals surface area contributed by atoms with Gasteiger partial charge < -0.3 is 0 Å². The highest BCUT2D eigenvalue weighted by atomic mass is 15.1. The normalized spacial score (nSPS) is 10.7. The Bertz CT molecular complexity index is 239. The van der Waals surface area contributed by atoms with E-state index >= 15 is 0 Å². The second kappa shape index (κ2) is 5.08. The Morgan fingerprint density at radius 2 is 1.62 bits per heavy atom. The fourth-order valence-electron chi connectivity index (χ4n) is 1.40. The van der Waals surface area contributed by atoms with Gasteiger partial charge in [0.1, 0.15) is 7.85 Å². The van der Waals surface area contributed by atoms with E-state index < -0.39 is 0 Å². The van der Waals surface area contributed by atoms with Crippen LogP contribution in [0.2, 0.25) is 0 Å². The highest BCUT2D eigenvalue weighted by molar-refractivity contribution is 6.32. The molecular weight excluding hydrogens is 157 g/mol. The van der Waals surface area contributed by atoms with Crippen LogP contribution in [0.1, 0.15) is 19.4 Å². The number of hydrogen-bond acceptors (Lipinski definition) is 1. The summed E-state index contributed by atoms with van der Waals surface area (Å²) in [4.78, 5) is 2.42. The van der Waals surface area contributed by atoms with Gasteiger partial charge in [-0.25, -0.2) is 0 Å². The molecule has 0 aliphatic rings. The van der Waals surface area contributed by atoms with Crippen LogP contribution in [0, 0.1) is 0 Å². The second-order valence-corrected chi connectivity index (χ2v) is 3.45. The first-order valence-electron chi connectivity index (χ1n) is 5.04. The first-order valence-corrected chi connectivity index (χ1v) is 5.04. The third-order valence-electron chi connectivity index (χ3n) is 2.42. The van der Waals surface area contributed by atoms with Crippen molar-refractivity contribution < 1.29 is 0 Å². The summed E-state index contributed by atoms with van der Waals surface area (Å²) in [5.74, 6) is 0. The van der Waals surface area contributed by atoms with E-state index in [1.54, 1.807) is 0 Å². The van der Waals surface area contributed by atoms with E-state index in [0.717, 1.165) is 19.6 Å². The van der Waals surface area contributed by atoms with Gasteiger partial charge in [-0.3, -0.25) is 4.90 Å². The molecular formula is C11H18BN. The predicted molar refractivity (Wildman–Crippen MR) is 61.2 cm³/mol. The summed E-state index contributed by atoms with van der Waals surface area (Å²) < 4.78 is 0. The van der Waals surface area contributed by atoms with Gasteiger partial charge in [0.15, 0.2) is 0 Å². The number of rotatable bonds is 4. The van der Waals surface area contributed by atoms with Gasteiger partial charge in [0.25, 0.3) is 0 Å². The smallest absolute Gasteiger partial charge is 0.139 e. The van der Waals surface area contributed by atoms with Gasteiger partial charge in [0, 0.05) is 6.54 Å². The molecule has 0 N–H and O–H groups in total. The average Bonchev–Trinajstić information content (AvgIpc) is 2.17. The molecule has 0 aliphatic carbocycles. The number of nitrogens with zero attached hydrogens (tertiary/aromatic N) is 1. The molecule has 1 aromatic carbocycles. The molecule has 1 rings (SSSR count). The Labute approximate surface area is 82.2 Å². The Morgan fingerprint density at radius 3 is 2.08 bits per heavy atom. The van der Waals surface area contributed by atoms with Crippen molar-refractivity contribution in [2.24, 2.45) is 0 Å². The van der Waals surface area contributed by atoms with Crippen LogP contribution in [-0.4, -0.2) is 25.8 Å². The summed E-state index contributed by atoms with van der Waals surface area (Å²) in [5, 5.41) is 0. The van der Waals surface area contributed by atoms with Gasteiger partial charge in [-0.05, 0) is 18.7 Å². The van der Waals surface area contributed by atoms with Crippen LogP contribution in [0.5, 0.6) is 0 Å². The summed E-state index contributed by atoms with van der Waals surface area (Å²) in [6.07, 6.45) is 0. The first-order chi connectivity index (χ1) is 6.26. The maximum absolute atomic E-state index is 2.42. The lowest BCUT2D eigenvalue weighted by Gasteiger charge is -2.17. The van der Waals surface area contributed by atoms with Crippen LogP contribution >= 0.6 is 0 Å². The minimum atomic E-state index is 1.08. The van der Waals surface area contributed by atoms with Gasteiger partial charge in [-0.2, -0.15) is 0 Å². The van der Waals surface area contributed by atoms with Gasteiger partial charge >= 0.3 is 0 Å². The van der Waals surface area contributed by atoms with Gasteiger partial charge in [-0.15, -0.1) is 0 Å². The van der Waals surface area contributed by atoms with E-state index in [4.69, 9.17) is 0 Å². The largest absolute Gasteiger partial charge is 0.300 e. The van der Waals surface area contributed by atoms with E-state index in [9.17, 15) is 0 Å². The first kappa shape index (κ1) is 10.3. The third-order valence-corrected chi connectivity index (χ3v) is 2.42. The van der Waals surface area contributed by atoms with Crippen molar-refractivity contribution >= 4 is 13.3 Å². The fraction of sp³-hybridized carbons (Fsp3) is 0.455. The molecule has 0 amide bonds. The molecule has 70 valence electrons. The molecule has 0 atom stereocenters. The Balaban J connectivity index is 2.58. The molecule has 0 spiro atoms. The van der Waals surface area contributed by atoms with Crippen LogP contribution in [-0.2, 0) is 6.54 Å².